The molecular formula is C15H21NO2. The van der Waals surface area contributed by atoms with Crippen LogP contribution in [-0.4, -0.2) is 25.7 Å². The quantitative estimate of drug-likeness (QED) is 0.607. The first-order valence-electron chi connectivity index (χ1n) is 5.96. The van der Waals surface area contributed by atoms with Crippen LogP contribution in [0.15, 0.2) is 30.3 Å². The molecule has 0 fully saturated rings. The third kappa shape index (κ3) is 5.04. The molecule has 0 radical (unpaired) electrons. The van der Waals surface area contributed by atoms with Crippen molar-refractivity contribution in [3.63, 3.8) is 0 Å². The number of ether oxygens (including phenoxy) is 1. The van der Waals surface area contributed by atoms with Gasteiger partial charge in [-0.15, -0.1) is 0 Å². The summed E-state index contributed by atoms with van der Waals surface area (Å²) in [5.41, 5.74) is 1.66. The van der Waals surface area contributed by atoms with Crippen LogP contribution in [0.1, 0.15) is 26.3 Å². The highest BCUT2D eigenvalue weighted by molar-refractivity contribution is 5.87. The number of esters is 1. The Morgan fingerprint density at radius 2 is 1.72 bits per heavy atom. The summed E-state index contributed by atoms with van der Waals surface area (Å²) in [6.45, 7) is 5.56. The van der Waals surface area contributed by atoms with Gasteiger partial charge in [-0.2, -0.15) is 0 Å². The molecule has 0 unspecified atom stereocenters. The van der Waals surface area contributed by atoms with E-state index in [9.17, 15) is 4.79 Å². The van der Waals surface area contributed by atoms with E-state index in [1.54, 1.807) is 6.08 Å². The van der Waals surface area contributed by atoms with Crippen molar-refractivity contribution in [3.8, 4) is 0 Å². The fourth-order valence-corrected chi connectivity index (χ4v) is 1.38. The van der Waals surface area contributed by atoms with Crippen molar-refractivity contribution in [3.05, 3.63) is 35.9 Å². The van der Waals surface area contributed by atoms with Crippen molar-refractivity contribution >= 4 is 17.7 Å². The van der Waals surface area contributed by atoms with Gasteiger partial charge in [0.05, 0.1) is 0 Å². The van der Waals surface area contributed by atoms with Gasteiger partial charge in [-0.05, 0) is 44.5 Å². The van der Waals surface area contributed by atoms with Crippen LogP contribution in [0.2, 0.25) is 0 Å². The molecule has 0 amide bonds. The Labute approximate surface area is 109 Å². The minimum Gasteiger partial charge on any atom is -0.457 e. The van der Waals surface area contributed by atoms with Gasteiger partial charge < -0.3 is 9.64 Å². The normalized spacial score (nSPS) is 11.6. The largest absolute Gasteiger partial charge is 0.457 e. The summed E-state index contributed by atoms with van der Waals surface area (Å²) in [7, 11) is 3.98. The Balaban J connectivity index is 2.65. The van der Waals surface area contributed by atoms with Crippen LogP contribution < -0.4 is 4.90 Å². The maximum atomic E-state index is 11.5. The first kappa shape index (κ1) is 14.3. The molecule has 3 nitrogen and oxygen atoms in total. The fraction of sp³-hybridized carbons (Fsp3) is 0.400. The SMILES string of the molecule is CN(C)c1ccc(C=CC(=O)OC(C)(C)C)cc1. The zero-order valence-corrected chi connectivity index (χ0v) is 11.7. The topological polar surface area (TPSA) is 29.5 Å². The molecule has 0 heterocycles. The van der Waals surface area contributed by atoms with Gasteiger partial charge in [0.15, 0.2) is 0 Å². The second-order valence-corrected chi connectivity index (χ2v) is 5.35. The Morgan fingerprint density at radius 1 is 1.17 bits per heavy atom. The first-order chi connectivity index (χ1) is 8.28. The van der Waals surface area contributed by atoms with Gasteiger partial charge >= 0.3 is 5.97 Å². The molecule has 1 aromatic rings. The third-order valence-electron chi connectivity index (χ3n) is 2.23. The van der Waals surface area contributed by atoms with Crippen molar-refractivity contribution < 1.29 is 9.53 Å². The van der Waals surface area contributed by atoms with E-state index < -0.39 is 5.60 Å². The van der Waals surface area contributed by atoms with E-state index in [2.05, 4.69) is 0 Å². The van der Waals surface area contributed by atoms with Crippen LogP contribution in [-0.2, 0) is 9.53 Å². The number of hydrogen-bond acceptors (Lipinski definition) is 3. The summed E-state index contributed by atoms with van der Waals surface area (Å²) in [6, 6.07) is 7.95. The van der Waals surface area contributed by atoms with E-state index >= 15 is 0 Å². The molecule has 0 N–H and O–H groups in total. The van der Waals surface area contributed by atoms with Crippen LogP contribution in [0.3, 0.4) is 0 Å². The van der Waals surface area contributed by atoms with Gasteiger partial charge in [0, 0.05) is 25.9 Å². The van der Waals surface area contributed by atoms with Gasteiger partial charge in [0.2, 0.25) is 0 Å². The maximum Gasteiger partial charge on any atom is 0.331 e. The molecular weight excluding hydrogens is 226 g/mol. The van der Waals surface area contributed by atoms with E-state index in [-0.39, 0.29) is 5.97 Å². The van der Waals surface area contributed by atoms with Gasteiger partial charge in [-0.3, -0.25) is 0 Å². The second-order valence-electron chi connectivity index (χ2n) is 5.35. The lowest BCUT2D eigenvalue weighted by molar-refractivity contribution is -0.148. The molecule has 0 spiro atoms. The van der Waals surface area contributed by atoms with Gasteiger partial charge in [-0.1, -0.05) is 12.1 Å². The minimum atomic E-state index is -0.448. The molecule has 0 bridgehead atoms. The molecule has 3 heteroatoms. The predicted molar refractivity (Wildman–Crippen MR) is 75.6 cm³/mol. The monoisotopic (exact) mass is 247 g/mol. The third-order valence-corrected chi connectivity index (χ3v) is 2.23. The molecule has 0 aromatic heterocycles. The highest BCUT2D eigenvalue weighted by Gasteiger charge is 2.13. The summed E-state index contributed by atoms with van der Waals surface area (Å²) in [6.07, 6.45) is 3.21. The maximum absolute atomic E-state index is 11.5. The highest BCUT2D eigenvalue weighted by Crippen LogP contribution is 2.13. The number of hydrogen-bond donors (Lipinski definition) is 0. The van der Waals surface area contributed by atoms with Crippen molar-refractivity contribution in [2.75, 3.05) is 19.0 Å². The Morgan fingerprint density at radius 3 is 2.17 bits per heavy atom. The van der Waals surface area contributed by atoms with E-state index in [0.29, 0.717) is 0 Å². The van der Waals surface area contributed by atoms with E-state index in [1.807, 2.05) is 64.0 Å². The lowest BCUT2D eigenvalue weighted by Gasteiger charge is -2.17. The number of benzene rings is 1. The molecule has 0 aliphatic heterocycles. The average Bonchev–Trinajstić information content (AvgIpc) is 2.24. The summed E-state index contributed by atoms with van der Waals surface area (Å²) in [4.78, 5) is 13.5. The Bertz CT molecular complexity index is 425. The van der Waals surface area contributed by atoms with Gasteiger partial charge in [0.25, 0.3) is 0 Å². The standard InChI is InChI=1S/C15H21NO2/c1-15(2,3)18-14(17)11-8-12-6-9-13(10-7-12)16(4)5/h6-11H,1-5H3. The Hall–Kier alpha value is -1.77. The average molecular weight is 247 g/mol. The first-order valence-corrected chi connectivity index (χ1v) is 5.96. The van der Waals surface area contributed by atoms with Crippen molar-refractivity contribution in [2.24, 2.45) is 0 Å². The molecule has 0 atom stereocenters. The van der Waals surface area contributed by atoms with E-state index in [0.717, 1.165) is 11.3 Å². The van der Waals surface area contributed by atoms with Crippen LogP contribution in [0, 0.1) is 0 Å². The van der Waals surface area contributed by atoms with Crippen molar-refractivity contribution in [1.82, 2.24) is 0 Å². The number of anilines is 1. The molecule has 1 aromatic carbocycles. The summed E-state index contributed by atoms with van der Waals surface area (Å²) in [5, 5.41) is 0. The molecule has 1 rings (SSSR count). The number of rotatable bonds is 3. The number of nitrogens with zero attached hydrogens (tertiary/aromatic N) is 1. The molecule has 98 valence electrons. The van der Waals surface area contributed by atoms with Crippen molar-refractivity contribution in [2.45, 2.75) is 26.4 Å². The second kappa shape index (κ2) is 5.71. The fourth-order valence-electron chi connectivity index (χ4n) is 1.38. The smallest absolute Gasteiger partial charge is 0.331 e. The molecule has 0 aliphatic carbocycles. The van der Waals surface area contributed by atoms with Crippen LogP contribution in [0.5, 0.6) is 0 Å². The minimum absolute atomic E-state index is 0.320. The molecule has 18 heavy (non-hydrogen) atoms. The zero-order chi connectivity index (χ0) is 13.8. The van der Waals surface area contributed by atoms with Crippen molar-refractivity contribution in [1.29, 1.82) is 0 Å². The van der Waals surface area contributed by atoms with Gasteiger partial charge in [-0.25, -0.2) is 4.79 Å². The molecule has 0 saturated heterocycles. The lowest BCUT2D eigenvalue weighted by atomic mass is 10.2. The molecule has 0 aliphatic rings. The lowest BCUT2D eigenvalue weighted by Crippen LogP contribution is -2.22. The summed E-state index contributed by atoms with van der Waals surface area (Å²) >= 11 is 0. The van der Waals surface area contributed by atoms with Crippen LogP contribution in [0.25, 0.3) is 6.08 Å². The number of carbonyl (C=O) groups excluding carboxylic acids is 1. The van der Waals surface area contributed by atoms with Crippen LogP contribution in [0.4, 0.5) is 5.69 Å². The zero-order valence-electron chi connectivity index (χ0n) is 11.7. The van der Waals surface area contributed by atoms with Gasteiger partial charge in [0.1, 0.15) is 5.60 Å². The summed E-state index contributed by atoms with van der Waals surface area (Å²) in [5.74, 6) is -0.320. The summed E-state index contributed by atoms with van der Waals surface area (Å²) < 4.78 is 5.19. The van der Waals surface area contributed by atoms with Crippen LogP contribution >= 0.6 is 0 Å². The van der Waals surface area contributed by atoms with E-state index in [1.165, 1.54) is 6.08 Å². The number of carbonyl (C=O) groups is 1. The van der Waals surface area contributed by atoms with E-state index in [4.69, 9.17) is 4.74 Å². The highest BCUT2D eigenvalue weighted by atomic mass is 16.6. The predicted octanol–water partition coefficient (Wildman–Crippen LogP) is 3.11. The molecule has 0 saturated carbocycles. The Kier molecular flexibility index (Phi) is 4.54.